The van der Waals surface area contributed by atoms with E-state index in [4.69, 9.17) is 4.74 Å². The van der Waals surface area contributed by atoms with Crippen LogP contribution >= 0.6 is 7.37 Å². The van der Waals surface area contributed by atoms with Crippen LogP contribution in [0.4, 0.5) is 4.79 Å². The lowest BCUT2D eigenvalue weighted by Gasteiger charge is -2.31. The Morgan fingerprint density at radius 2 is 1.35 bits per heavy atom. The number of amides is 2. The van der Waals surface area contributed by atoms with Gasteiger partial charge in [0.2, 0.25) is 13.3 Å². The van der Waals surface area contributed by atoms with Gasteiger partial charge in [0.25, 0.3) is 0 Å². The molecular formula is C36H32NO5P. The Balaban J connectivity index is 1.37. The maximum atomic E-state index is 14.5. The van der Waals surface area contributed by atoms with Crippen LogP contribution in [0.3, 0.4) is 0 Å². The number of hydrogen-bond donors (Lipinski definition) is 1. The largest absolute Gasteiger partial charge is 0.447 e. The number of cyclic esters (lactones) is 1. The fourth-order valence-corrected chi connectivity index (χ4v) is 7.76. The Bertz CT molecular complexity index is 1740. The van der Waals surface area contributed by atoms with Gasteiger partial charge in [-0.15, -0.1) is 0 Å². The van der Waals surface area contributed by atoms with Gasteiger partial charge in [0.1, 0.15) is 6.61 Å². The Morgan fingerprint density at radius 1 is 0.791 bits per heavy atom. The quantitative estimate of drug-likeness (QED) is 0.192. The van der Waals surface area contributed by atoms with Gasteiger partial charge in [0.05, 0.1) is 12.0 Å². The molecule has 5 aromatic rings. The van der Waals surface area contributed by atoms with E-state index in [1.807, 2.05) is 121 Å². The van der Waals surface area contributed by atoms with Crippen molar-refractivity contribution in [2.24, 2.45) is 5.92 Å². The van der Waals surface area contributed by atoms with Gasteiger partial charge in [0, 0.05) is 17.4 Å². The molecule has 0 aromatic heterocycles. The van der Waals surface area contributed by atoms with Crippen molar-refractivity contribution in [3.63, 3.8) is 0 Å². The number of nitrogens with zero attached hydrogens (tertiary/aromatic N) is 1. The van der Waals surface area contributed by atoms with Crippen LogP contribution in [0.25, 0.3) is 10.8 Å². The van der Waals surface area contributed by atoms with Crippen LogP contribution in [0.1, 0.15) is 22.6 Å². The number of rotatable bonds is 9. The SMILES string of the molecule is O=C1OC[C@H](C(c2ccccc2)c2ccccc2)N1C(=O)[C@@H](Cc1ccccc1)CP(=O)(O)c1ccc2ccccc2c1. The highest BCUT2D eigenvalue weighted by atomic mass is 31.2. The fraction of sp³-hybridized carbons (Fsp3) is 0.167. The minimum Gasteiger partial charge on any atom is -0.447 e. The predicted molar refractivity (Wildman–Crippen MR) is 169 cm³/mol. The molecule has 43 heavy (non-hydrogen) atoms. The zero-order valence-corrected chi connectivity index (χ0v) is 24.4. The average Bonchev–Trinajstić information content (AvgIpc) is 3.42. The molecule has 1 aliphatic rings. The number of ether oxygens (including phenoxy) is 1. The molecule has 5 aromatic carbocycles. The Morgan fingerprint density at radius 3 is 1.98 bits per heavy atom. The first kappa shape index (κ1) is 28.6. The molecule has 3 atom stereocenters. The molecule has 0 spiro atoms. The summed E-state index contributed by atoms with van der Waals surface area (Å²) in [5.74, 6) is -1.79. The van der Waals surface area contributed by atoms with Gasteiger partial charge < -0.3 is 9.63 Å². The van der Waals surface area contributed by atoms with Crippen LogP contribution in [0.5, 0.6) is 0 Å². The molecule has 216 valence electrons. The molecule has 1 fully saturated rings. The van der Waals surface area contributed by atoms with E-state index < -0.39 is 31.3 Å². The summed E-state index contributed by atoms with van der Waals surface area (Å²) in [6.07, 6.45) is -0.838. The molecule has 2 amide bonds. The maximum Gasteiger partial charge on any atom is 0.417 e. The van der Waals surface area contributed by atoms with Crippen molar-refractivity contribution in [3.8, 4) is 0 Å². The van der Waals surface area contributed by atoms with Crippen LogP contribution in [-0.2, 0) is 20.5 Å². The van der Waals surface area contributed by atoms with Crippen molar-refractivity contribution >= 4 is 35.4 Å². The second-order valence-electron chi connectivity index (χ2n) is 11.0. The lowest BCUT2D eigenvalue weighted by atomic mass is 9.84. The summed E-state index contributed by atoms with van der Waals surface area (Å²) in [7, 11) is -4.02. The number of fused-ring (bicyclic) bond motifs is 1. The molecule has 0 radical (unpaired) electrons. The highest BCUT2D eigenvalue weighted by Crippen LogP contribution is 2.44. The zero-order valence-electron chi connectivity index (χ0n) is 23.5. The van der Waals surface area contributed by atoms with Crippen LogP contribution in [0, 0.1) is 5.92 Å². The number of hydrogen-bond acceptors (Lipinski definition) is 4. The summed E-state index contributed by atoms with van der Waals surface area (Å²) in [5.41, 5.74) is 2.72. The minimum absolute atomic E-state index is 0.0263. The molecule has 1 aliphatic heterocycles. The zero-order chi connectivity index (χ0) is 29.8. The van der Waals surface area contributed by atoms with E-state index in [1.54, 1.807) is 12.1 Å². The fourth-order valence-electron chi connectivity index (χ4n) is 6.02. The van der Waals surface area contributed by atoms with Crippen LogP contribution in [0.2, 0.25) is 0 Å². The second-order valence-corrected chi connectivity index (χ2v) is 13.2. The third kappa shape index (κ3) is 6.17. The number of benzene rings is 5. The minimum atomic E-state index is -4.02. The molecule has 1 N–H and O–H groups in total. The predicted octanol–water partition coefficient (Wildman–Crippen LogP) is 6.77. The third-order valence-corrected chi connectivity index (χ3v) is 10.1. The van der Waals surface area contributed by atoms with Crippen molar-refractivity contribution in [3.05, 3.63) is 150 Å². The van der Waals surface area contributed by atoms with Crippen LogP contribution in [0.15, 0.2) is 133 Å². The molecule has 0 saturated carbocycles. The van der Waals surface area contributed by atoms with Gasteiger partial charge in [-0.1, -0.05) is 121 Å². The van der Waals surface area contributed by atoms with E-state index in [0.29, 0.717) is 0 Å². The van der Waals surface area contributed by atoms with E-state index in [9.17, 15) is 19.0 Å². The van der Waals surface area contributed by atoms with E-state index in [1.165, 1.54) is 4.90 Å². The maximum absolute atomic E-state index is 14.5. The van der Waals surface area contributed by atoms with Gasteiger partial charge in [0.15, 0.2) is 0 Å². The lowest BCUT2D eigenvalue weighted by Crippen LogP contribution is -2.47. The molecule has 6 rings (SSSR count). The number of carbonyl (C=O) groups excluding carboxylic acids is 2. The van der Waals surface area contributed by atoms with Crippen molar-refractivity contribution < 1.29 is 23.8 Å². The molecule has 6 nitrogen and oxygen atoms in total. The van der Waals surface area contributed by atoms with E-state index in [2.05, 4.69) is 0 Å². The molecule has 7 heteroatoms. The highest BCUT2D eigenvalue weighted by molar-refractivity contribution is 7.66. The van der Waals surface area contributed by atoms with E-state index >= 15 is 0 Å². The molecular weight excluding hydrogens is 557 g/mol. The first-order valence-corrected chi connectivity index (χ1v) is 16.2. The van der Waals surface area contributed by atoms with Gasteiger partial charge >= 0.3 is 6.09 Å². The van der Waals surface area contributed by atoms with Crippen molar-refractivity contribution in [2.45, 2.75) is 18.4 Å². The Kier molecular flexibility index (Phi) is 8.24. The average molecular weight is 590 g/mol. The number of imide groups is 1. The summed E-state index contributed by atoms with van der Waals surface area (Å²) in [5, 5.41) is 2.08. The Labute approximate surface area is 251 Å². The van der Waals surface area contributed by atoms with Gasteiger partial charge in [-0.05, 0) is 46.0 Å². The summed E-state index contributed by atoms with van der Waals surface area (Å²) in [4.78, 5) is 40.4. The van der Waals surface area contributed by atoms with Gasteiger partial charge in [-0.3, -0.25) is 9.36 Å². The molecule has 1 unspecified atom stereocenters. The van der Waals surface area contributed by atoms with Crippen LogP contribution in [-0.4, -0.2) is 40.6 Å². The third-order valence-electron chi connectivity index (χ3n) is 8.12. The summed E-state index contributed by atoms with van der Waals surface area (Å²) in [6.45, 7) is 0.0263. The lowest BCUT2D eigenvalue weighted by molar-refractivity contribution is -0.133. The normalized spacial score (nSPS) is 17.0. The smallest absolute Gasteiger partial charge is 0.417 e. The van der Waals surface area contributed by atoms with Gasteiger partial charge in [-0.2, -0.15) is 0 Å². The summed E-state index contributed by atoms with van der Waals surface area (Å²) < 4.78 is 19.5. The second kappa shape index (κ2) is 12.4. The Hall–Kier alpha value is -4.51. The van der Waals surface area contributed by atoms with Crippen molar-refractivity contribution in [1.82, 2.24) is 4.90 Å². The van der Waals surface area contributed by atoms with Crippen molar-refractivity contribution in [2.75, 3.05) is 12.8 Å². The monoisotopic (exact) mass is 589 g/mol. The van der Waals surface area contributed by atoms with Crippen molar-refractivity contribution in [1.29, 1.82) is 0 Å². The molecule has 1 heterocycles. The van der Waals surface area contributed by atoms with Crippen LogP contribution < -0.4 is 5.30 Å². The highest BCUT2D eigenvalue weighted by Gasteiger charge is 2.46. The van der Waals surface area contributed by atoms with E-state index in [0.717, 1.165) is 27.5 Å². The molecule has 1 saturated heterocycles. The molecule has 0 aliphatic carbocycles. The summed E-state index contributed by atoms with van der Waals surface area (Å²) >= 11 is 0. The standard InChI is InChI=1S/C36H32NO5P/c38-35(37-33(24-42-36(37)39)34(28-15-6-2-7-16-28)29-17-8-3-9-18-29)31(22-26-12-4-1-5-13-26)25-43(40,41)32-21-20-27-14-10-11-19-30(27)23-32/h1-21,23,31,33-34H,22,24-25H2,(H,40,41)/t31-,33+/m0/s1. The van der Waals surface area contributed by atoms with E-state index in [-0.39, 0.29) is 30.4 Å². The molecule has 0 bridgehead atoms. The summed E-state index contributed by atoms with van der Waals surface area (Å²) in [6, 6.07) is 41.1. The number of carbonyl (C=O) groups is 2. The first-order valence-electron chi connectivity index (χ1n) is 14.4. The van der Waals surface area contributed by atoms with Gasteiger partial charge in [-0.25, -0.2) is 9.69 Å². The topological polar surface area (TPSA) is 83.9 Å². The first-order chi connectivity index (χ1) is 20.9.